The Hall–Kier alpha value is -0.480. The minimum atomic E-state index is -0.793. The maximum absolute atomic E-state index is 10.5. The van der Waals surface area contributed by atoms with Crippen LogP contribution in [-0.2, 0) is 9.59 Å². The Kier molecular flexibility index (Phi) is 7.87. The SMILES string of the molecule is Cl.Cl.O=C(O)[C@H]1CC[C@H](C(=O)O)CC1. The molecule has 0 heterocycles. The molecule has 84 valence electrons. The lowest BCUT2D eigenvalue weighted by molar-refractivity contribution is -0.148. The zero-order chi connectivity index (χ0) is 9.14. The molecular weight excluding hydrogens is 231 g/mol. The lowest BCUT2D eigenvalue weighted by Crippen LogP contribution is -2.25. The number of halogens is 2. The number of carboxylic acid groups (broad SMARTS) is 2. The standard InChI is InChI=1S/C8H12O4.2ClH/c9-7(10)5-1-2-6(4-3-5)8(11)12;;/h5-6H,1-4H2,(H,9,10)(H,11,12);2*1H/t5-,6-;;. The highest BCUT2D eigenvalue weighted by molar-refractivity contribution is 5.85. The predicted molar refractivity (Wildman–Crippen MR) is 55.2 cm³/mol. The maximum Gasteiger partial charge on any atom is 0.306 e. The van der Waals surface area contributed by atoms with Crippen LogP contribution in [0.4, 0.5) is 0 Å². The Balaban J connectivity index is 0. The normalized spacial score (nSPS) is 25.4. The first-order valence-corrected chi connectivity index (χ1v) is 4.07. The molecule has 0 saturated heterocycles. The van der Waals surface area contributed by atoms with Crippen LogP contribution in [0.5, 0.6) is 0 Å². The third-order valence-electron chi connectivity index (χ3n) is 2.43. The lowest BCUT2D eigenvalue weighted by atomic mass is 9.82. The van der Waals surface area contributed by atoms with Crippen molar-refractivity contribution in [3.8, 4) is 0 Å². The fraction of sp³-hybridized carbons (Fsp3) is 0.750. The van der Waals surface area contributed by atoms with Gasteiger partial charge in [0.05, 0.1) is 11.8 Å². The molecule has 1 rings (SSSR count). The molecule has 4 nitrogen and oxygen atoms in total. The third kappa shape index (κ3) is 4.15. The van der Waals surface area contributed by atoms with E-state index in [0.717, 1.165) is 0 Å². The van der Waals surface area contributed by atoms with Gasteiger partial charge in [-0.2, -0.15) is 0 Å². The van der Waals surface area contributed by atoms with E-state index in [4.69, 9.17) is 10.2 Å². The van der Waals surface area contributed by atoms with Crippen molar-refractivity contribution in [1.29, 1.82) is 0 Å². The van der Waals surface area contributed by atoms with E-state index in [-0.39, 0.29) is 36.6 Å². The van der Waals surface area contributed by atoms with Crippen LogP contribution in [0.2, 0.25) is 0 Å². The summed E-state index contributed by atoms with van der Waals surface area (Å²) >= 11 is 0. The molecule has 1 saturated carbocycles. The summed E-state index contributed by atoms with van der Waals surface area (Å²) in [6, 6.07) is 0. The zero-order valence-corrected chi connectivity index (χ0v) is 9.14. The van der Waals surface area contributed by atoms with Crippen molar-refractivity contribution in [2.75, 3.05) is 0 Å². The second-order valence-electron chi connectivity index (χ2n) is 3.23. The molecule has 0 aromatic rings. The molecule has 0 aromatic heterocycles. The van der Waals surface area contributed by atoms with Crippen LogP contribution in [0.25, 0.3) is 0 Å². The largest absolute Gasteiger partial charge is 0.481 e. The zero-order valence-electron chi connectivity index (χ0n) is 7.51. The first-order valence-electron chi connectivity index (χ1n) is 4.07. The van der Waals surface area contributed by atoms with Crippen LogP contribution < -0.4 is 0 Å². The van der Waals surface area contributed by atoms with Gasteiger partial charge >= 0.3 is 11.9 Å². The van der Waals surface area contributed by atoms with E-state index >= 15 is 0 Å². The fourth-order valence-corrected chi connectivity index (χ4v) is 1.59. The molecule has 0 spiro atoms. The summed E-state index contributed by atoms with van der Waals surface area (Å²) in [5, 5.41) is 17.2. The van der Waals surface area contributed by atoms with Crippen molar-refractivity contribution in [2.24, 2.45) is 11.8 Å². The van der Waals surface area contributed by atoms with E-state index in [2.05, 4.69) is 0 Å². The summed E-state index contributed by atoms with van der Waals surface area (Å²) in [6.07, 6.45) is 2.03. The van der Waals surface area contributed by atoms with E-state index in [9.17, 15) is 9.59 Å². The van der Waals surface area contributed by atoms with E-state index in [1.165, 1.54) is 0 Å². The van der Waals surface area contributed by atoms with Gasteiger partial charge in [0.2, 0.25) is 0 Å². The molecule has 14 heavy (non-hydrogen) atoms. The Morgan fingerprint density at radius 3 is 1.14 bits per heavy atom. The molecule has 0 aliphatic heterocycles. The molecule has 6 heteroatoms. The van der Waals surface area contributed by atoms with Gasteiger partial charge in [0.15, 0.2) is 0 Å². The van der Waals surface area contributed by atoms with Crippen molar-refractivity contribution < 1.29 is 19.8 Å². The van der Waals surface area contributed by atoms with Gasteiger partial charge in [0.1, 0.15) is 0 Å². The van der Waals surface area contributed by atoms with Gasteiger partial charge in [-0.15, -0.1) is 24.8 Å². The van der Waals surface area contributed by atoms with Crippen LogP contribution >= 0.6 is 24.8 Å². The average molecular weight is 245 g/mol. The number of aliphatic carboxylic acids is 2. The van der Waals surface area contributed by atoms with E-state index in [0.29, 0.717) is 25.7 Å². The first-order chi connectivity index (χ1) is 5.61. The molecule has 0 bridgehead atoms. The van der Waals surface area contributed by atoms with Crippen molar-refractivity contribution in [2.45, 2.75) is 25.7 Å². The van der Waals surface area contributed by atoms with Crippen molar-refractivity contribution >= 4 is 36.8 Å². The van der Waals surface area contributed by atoms with Crippen LogP contribution in [0.1, 0.15) is 25.7 Å². The molecule has 0 radical (unpaired) electrons. The Labute approximate surface area is 94.5 Å². The summed E-state index contributed by atoms with van der Waals surface area (Å²) in [4.78, 5) is 21.0. The van der Waals surface area contributed by atoms with Gasteiger partial charge in [-0.25, -0.2) is 0 Å². The summed E-state index contributed by atoms with van der Waals surface area (Å²) in [5.74, 6) is -2.22. The van der Waals surface area contributed by atoms with Crippen LogP contribution in [0.3, 0.4) is 0 Å². The molecule has 0 unspecified atom stereocenters. The van der Waals surface area contributed by atoms with E-state index in [1.54, 1.807) is 0 Å². The van der Waals surface area contributed by atoms with Gasteiger partial charge in [0.25, 0.3) is 0 Å². The van der Waals surface area contributed by atoms with Crippen LogP contribution in [0.15, 0.2) is 0 Å². The predicted octanol–water partition coefficient (Wildman–Crippen LogP) is 1.81. The fourth-order valence-electron chi connectivity index (χ4n) is 1.59. The maximum atomic E-state index is 10.5. The Bertz CT molecular complexity index is 178. The minimum Gasteiger partial charge on any atom is -0.481 e. The van der Waals surface area contributed by atoms with Gasteiger partial charge in [-0.1, -0.05) is 0 Å². The van der Waals surface area contributed by atoms with Crippen molar-refractivity contribution in [3.05, 3.63) is 0 Å². The quantitative estimate of drug-likeness (QED) is 0.777. The minimum absolute atomic E-state index is 0. The van der Waals surface area contributed by atoms with Crippen LogP contribution in [-0.4, -0.2) is 22.2 Å². The first kappa shape index (κ1) is 16.0. The molecule has 1 fully saturated rings. The summed E-state index contributed by atoms with van der Waals surface area (Å²) < 4.78 is 0. The Morgan fingerprint density at radius 1 is 0.786 bits per heavy atom. The highest BCUT2D eigenvalue weighted by Crippen LogP contribution is 2.28. The number of hydrogen-bond donors (Lipinski definition) is 2. The summed E-state index contributed by atoms with van der Waals surface area (Å²) in [7, 11) is 0. The second kappa shape index (κ2) is 6.90. The summed E-state index contributed by atoms with van der Waals surface area (Å²) in [6.45, 7) is 0. The number of hydrogen-bond acceptors (Lipinski definition) is 2. The molecular formula is C8H14Cl2O4. The average Bonchev–Trinajstić information content (AvgIpc) is 2.04. The third-order valence-corrected chi connectivity index (χ3v) is 2.43. The Morgan fingerprint density at radius 2 is 1.00 bits per heavy atom. The molecule has 0 amide bonds. The summed E-state index contributed by atoms with van der Waals surface area (Å²) in [5.41, 5.74) is 0. The topological polar surface area (TPSA) is 74.6 Å². The number of carboxylic acids is 2. The highest BCUT2D eigenvalue weighted by atomic mass is 35.5. The molecule has 0 aromatic carbocycles. The van der Waals surface area contributed by atoms with Gasteiger partial charge in [0, 0.05) is 0 Å². The van der Waals surface area contributed by atoms with Crippen LogP contribution in [0, 0.1) is 11.8 Å². The van der Waals surface area contributed by atoms with Gasteiger partial charge < -0.3 is 10.2 Å². The molecule has 0 atom stereocenters. The van der Waals surface area contributed by atoms with Gasteiger partial charge in [-0.3, -0.25) is 9.59 Å². The molecule has 1 aliphatic rings. The van der Waals surface area contributed by atoms with Crippen molar-refractivity contribution in [1.82, 2.24) is 0 Å². The van der Waals surface area contributed by atoms with Gasteiger partial charge in [-0.05, 0) is 25.7 Å². The smallest absolute Gasteiger partial charge is 0.306 e. The molecule has 1 aliphatic carbocycles. The molecule has 2 N–H and O–H groups in total. The number of rotatable bonds is 2. The number of carbonyl (C=O) groups is 2. The lowest BCUT2D eigenvalue weighted by Gasteiger charge is -2.22. The highest BCUT2D eigenvalue weighted by Gasteiger charge is 2.29. The monoisotopic (exact) mass is 244 g/mol. The van der Waals surface area contributed by atoms with Crippen molar-refractivity contribution in [3.63, 3.8) is 0 Å². The second-order valence-corrected chi connectivity index (χ2v) is 3.23. The van der Waals surface area contributed by atoms with E-state index < -0.39 is 11.9 Å². The van der Waals surface area contributed by atoms with E-state index in [1.807, 2.05) is 0 Å².